The molecular weight excluding hydrogens is 316 g/mol. The molecule has 0 bridgehead atoms. The molecule has 0 spiro atoms. The van der Waals surface area contributed by atoms with Crippen LogP contribution in [0.5, 0.6) is 0 Å². The average molecular weight is 346 g/mol. The zero-order chi connectivity index (χ0) is 17.5. The number of ether oxygens (including phenoxy) is 1. The molecule has 3 N–H and O–H groups in total. The highest BCUT2D eigenvalue weighted by Gasteiger charge is 2.30. The second-order valence-corrected chi connectivity index (χ2v) is 7.24. The second kappa shape index (κ2) is 9.20. The van der Waals surface area contributed by atoms with Crippen LogP contribution in [0.2, 0.25) is 0 Å². The van der Waals surface area contributed by atoms with Gasteiger partial charge in [0.15, 0.2) is 0 Å². The molecule has 25 heavy (non-hydrogen) atoms. The number of nitrogens with one attached hydrogen (secondary N) is 2. The topological polar surface area (TPSA) is 70.6 Å². The van der Waals surface area contributed by atoms with Gasteiger partial charge in [-0.1, -0.05) is 56.0 Å². The lowest BCUT2D eigenvalue weighted by molar-refractivity contribution is -0.0410. The average Bonchev–Trinajstić information content (AvgIpc) is 3.15. The molecule has 3 atom stereocenters. The molecule has 0 aliphatic heterocycles. The molecule has 5 heteroatoms. The first-order chi connectivity index (χ1) is 12.3. The van der Waals surface area contributed by atoms with Crippen LogP contribution in [0.3, 0.4) is 0 Å². The molecule has 0 radical (unpaired) electrons. The zero-order valence-corrected chi connectivity index (χ0v) is 14.8. The van der Waals surface area contributed by atoms with Crippen molar-refractivity contribution in [2.24, 2.45) is 0 Å². The standard InChI is InChI=1S/C20H30N2O3/c23-14-18(15-8-2-1-3-9-15)22-20(24)21-17-12-6-7-13-19(17)25-16-10-4-5-11-16/h1-3,8-9,16-19,23H,4-7,10-14H2,(H2,21,22,24). The number of benzene rings is 1. The summed E-state index contributed by atoms with van der Waals surface area (Å²) in [6, 6.07) is 9.00. The summed E-state index contributed by atoms with van der Waals surface area (Å²) in [6.07, 6.45) is 9.56. The molecule has 1 aromatic carbocycles. The zero-order valence-electron chi connectivity index (χ0n) is 14.8. The van der Waals surface area contributed by atoms with E-state index < -0.39 is 0 Å². The minimum atomic E-state index is -0.390. The van der Waals surface area contributed by atoms with Crippen molar-refractivity contribution in [3.8, 4) is 0 Å². The highest BCUT2D eigenvalue weighted by molar-refractivity contribution is 5.74. The number of carbonyl (C=O) groups excluding carboxylic acids is 1. The molecule has 2 amide bonds. The van der Waals surface area contributed by atoms with E-state index in [1.165, 1.54) is 19.3 Å². The normalized spacial score (nSPS) is 25.5. The molecule has 0 aromatic heterocycles. The molecule has 2 saturated carbocycles. The summed E-state index contributed by atoms with van der Waals surface area (Å²) in [4.78, 5) is 12.4. The van der Waals surface area contributed by atoms with Crippen molar-refractivity contribution >= 4 is 6.03 Å². The number of urea groups is 1. The van der Waals surface area contributed by atoms with Gasteiger partial charge in [-0.25, -0.2) is 4.79 Å². The van der Waals surface area contributed by atoms with Crippen molar-refractivity contribution in [1.82, 2.24) is 10.6 Å². The molecule has 2 aliphatic rings. The SMILES string of the molecule is O=C(NC(CO)c1ccccc1)NC1CCCCC1OC1CCCC1. The van der Waals surface area contributed by atoms with Crippen LogP contribution in [-0.2, 0) is 4.74 Å². The Kier molecular flexibility index (Phi) is 6.70. The maximum Gasteiger partial charge on any atom is 0.315 e. The molecule has 0 heterocycles. The second-order valence-electron chi connectivity index (χ2n) is 7.24. The Bertz CT molecular complexity index is 531. The lowest BCUT2D eigenvalue weighted by atomic mass is 9.92. The van der Waals surface area contributed by atoms with Gasteiger partial charge >= 0.3 is 6.03 Å². The van der Waals surface area contributed by atoms with Gasteiger partial charge in [0.2, 0.25) is 0 Å². The predicted molar refractivity (Wildman–Crippen MR) is 97.3 cm³/mol. The maximum atomic E-state index is 12.4. The lowest BCUT2D eigenvalue weighted by Crippen LogP contribution is -2.51. The summed E-state index contributed by atoms with van der Waals surface area (Å²) in [5, 5.41) is 15.6. The van der Waals surface area contributed by atoms with E-state index in [4.69, 9.17) is 4.74 Å². The molecular formula is C20H30N2O3. The highest BCUT2D eigenvalue weighted by atomic mass is 16.5. The fourth-order valence-corrected chi connectivity index (χ4v) is 3.98. The number of carbonyl (C=O) groups is 1. The summed E-state index contributed by atoms with van der Waals surface area (Å²) in [5.41, 5.74) is 0.905. The third-order valence-corrected chi connectivity index (χ3v) is 5.38. The first kappa shape index (κ1) is 18.2. The molecule has 3 unspecified atom stereocenters. The summed E-state index contributed by atoms with van der Waals surface area (Å²) >= 11 is 0. The molecule has 2 aliphatic carbocycles. The third kappa shape index (κ3) is 5.19. The van der Waals surface area contributed by atoms with Crippen molar-refractivity contribution in [1.29, 1.82) is 0 Å². The summed E-state index contributed by atoms with van der Waals surface area (Å²) in [7, 11) is 0. The molecule has 0 saturated heterocycles. The Labute approximate surface area is 150 Å². The van der Waals surface area contributed by atoms with Crippen molar-refractivity contribution < 1.29 is 14.6 Å². The Balaban J connectivity index is 1.54. The van der Waals surface area contributed by atoms with E-state index in [9.17, 15) is 9.90 Å². The first-order valence-electron chi connectivity index (χ1n) is 9.64. The van der Waals surface area contributed by atoms with Crippen molar-refractivity contribution in [3.63, 3.8) is 0 Å². The Morgan fingerprint density at radius 3 is 2.48 bits per heavy atom. The van der Waals surface area contributed by atoms with E-state index in [0.717, 1.165) is 37.7 Å². The molecule has 1 aromatic rings. The van der Waals surface area contributed by atoms with E-state index in [1.807, 2.05) is 30.3 Å². The van der Waals surface area contributed by atoms with Gasteiger partial charge in [0, 0.05) is 0 Å². The van der Waals surface area contributed by atoms with Gasteiger partial charge in [-0.05, 0) is 31.2 Å². The Hall–Kier alpha value is -1.59. The quantitative estimate of drug-likeness (QED) is 0.740. The highest BCUT2D eigenvalue weighted by Crippen LogP contribution is 2.28. The number of hydrogen-bond acceptors (Lipinski definition) is 3. The van der Waals surface area contributed by atoms with Crippen molar-refractivity contribution in [3.05, 3.63) is 35.9 Å². The Morgan fingerprint density at radius 1 is 1.08 bits per heavy atom. The number of aliphatic hydroxyl groups is 1. The molecule has 3 rings (SSSR count). The predicted octanol–water partition coefficient (Wildman–Crippen LogP) is 3.29. The van der Waals surface area contributed by atoms with Crippen LogP contribution in [-0.4, -0.2) is 36.0 Å². The fraction of sp³-hybridized carbons (Fsp3) is 0.650. The van der Waals surface area contributed by atoms with E-state index >= 15 is 0 Å². The summed E-state index contributed by atoms with van der Waals surface area (Å²) in [6.45, 7) is -0.121. The number of hydrogen-bond donors (Lipinski definition) is 3. The fourth-order valence-electron chi connectivity index (χ4n) is 3.98. The largest absolute Gasteiger partial charge is 0.394 e. The van der Waals surface area contributed by atoms with Gasteiger partial charge in [0.1, 0.15) is 0 Å². The number of aliphatic hydroxyl groups excluding tert-OH is 1. The smallest absolute Gasteiger partial charge is 0.315 e. The van der Waals surface area contributed by atoms with Crippen LogP contribution in [0, 0.1) is 0 Å². The lowest BCUT2D eigenvalue weighted by Gasteiger charge is -2.34. The Morgan fingerprint density at radius 2 is 1.76 bits per heavy atom. The van der Waals surface area contributed by atoms with Crippen molar-refractivity contribution in [2.45, 2.75) is 75.7 Å². The van der Waals surface area contributed by atoms with Gasteiger partial charge in [-0.3, -0.25) is 0 Å². The van der Waals surface area contributed by atoms with Crippen LogP contribution in [0.25, 0.3) is 0 Å². The van der Waals surface area contributed by atoms with Crippen LogP contribution in [0.1, 0.15) is 63.0 Å². The summed E-state index contributed by atoms with van der Waals surface area (Å²) < 4.78 is 6.29. The van der Waals surface area contributed by atoms with E-state index in [1.54, 1.807) is 0 Å². The third-order valence-electron chi connectivity index (χ3n) is 5.38. The van der Waals surface area contributed by atoms with Gasteiger partial charge in [-0.15, -0.1) is 0 Å². The van der Waals surface area contributed by atoms with Crippen LogP contribution < -0.4 is 10.6 Å². The minimum Gasteiger partial charge on any atom is -0.394 e. The van der Waals surface area contributed by atoms with Crippen LogP contribution in [0.15, 0.2) is 30.3 Å². The van der Waals surface area contributed by atoms with Gasteiger partial charge in [0.05, 0.1) is 30.9 Å². The van der Waals surface area contributed by atoms with Gasteiger partial charge in [-0.2, -0.15) is 0 Å². The minimum absolute atomic E-state index is 0.0597. The van der Waals surface area contributed by atoms with Crippen LogP contribution in [0.4, 0.5) is 4.79 Å². The first-order valence-corrected chi connectivity index (χ1v) is 9.64. The van der Waals surface area contributed by atoms with E-state index in [-0.39, 0.29) is 30.8 Å². The van der Waals surface area contributed by atoms with E-state index in [2.05, 4.69) is 10.6 Å². The van der Waals surface area contributed by atoms with E-state index in [0.29, 0.717) is 6.10 Å². The monoisotopic (exact) mass is 346 g/mol. The van der Waals surface area contributed by atoms with Gasteiger partial charge < -0.3 is 20.5 Å². The molecule has 2 fully saturated rings. The van der Waals surface area contributed by atoms with Gasteiger partial charge in [0.25, 0.3) is 0 Å². The summed E-state index contributed by atoms with van der Waals surface area (Å²) in [5.74, 6) is 0. The molecule has 5 nitrogen and oxygen atoms in total. The van der Waals surface area contributed by atoms with Crippen LogP contribution >= 0.6 is 0 Å². The number of amides is 2. The molecule has 138 valence electrons. The van der Waals surface area contributed by atoms with Crippen molar-refractivity contribution in [2.75, 3.05) is 6.61 Å². The number of rotatable bonds is 6. The maximum absolute atomic E-state index is 12.4.